The Morgan fingerprint density at radius 3 is 2.39 bits per heavy atom. The third-order valence-corrected chi connectivity index (χ3v) is 7.44. The maximum Gasteiger partial charge on any atom is 0.263 e. The van der Waals surface area contributed by atoms with Crippen LogP contribution in [0.3, 0.4) is 0 Å². The van der Waals surface area contributed by atoms with Gasteiger partial charge in [0.1, 0.15) is 23.1 Å². The van der Waals surface area contributed by atoms with Crippen molar-refractivity contribution in [3.63, 3.8) is 0 Å². The number of ether oxygens (including phenoxy) is 2. The molecule has 0 saturated heterocycles. The van der Waals surface area contributed by atoms with Crippen LogP contribution in [0.1, 0.15) is 15.9 Å². The summed E-state index contributed by atoms with van der Waals surface area (Å²) in [7, 11) is -0.839. The van der Waals surface area contributed by atoms with E-state index in [9.17, 15) is 17.6 Å². The zero-order chi connectivity index (χ0) is 25.7. The largest absolute Gasteiger partial charge is 0.496 e. The van der Waals surface area contributed by atoms with Gasteiger partial charge in [-0.1, -0.05) is 6.07 Å². The van der Waals surface area contributed by atoms with E-state index in [0.29, 0.717) is 22.6 Å². The third-order valence-electron chi connectivity index (χ3n) is 5.17. The van der Waals surface area contributed by atoms with Crippen LogP contribution in [0.15, 0.2) is 83.2 Å². The quantitative estimate of drug-likeness (QED) is 0.224. The fourth-order valence-electron chi connectivity index (χ4n) is 3.37. The Balaban J connectivity index is 1.54. The molecule has 2 heterocycles. The van der Waals surface area contributed by atoms with Crippen molar-refractivity contribution in [1.29, 1.82) is 0 Å². The number of aromatic nitrogens is 1. The Kier molecular flexibility index (Phi) is 7.47. The van der Waals surface area contributed by atoms with Gasteiger partial charge in [-0.2, -0.15) is 0 Å². The van der Waals surface area contributed by atoms with E-state index in [1.165, 1.54) is 43.5 Å². The van der Waals surface area contributed by atoms with E-state index < -0.39 is 15.8 Å². The normalized spacial score (nSPS) is 11.4. The molecule has 0 amide bonds. The minimum Gasteiger partial charge on any atom is -0.496 e. The number of sulfonamides is 1. The number of hydrogen-bond donors (Lipinski definition) is 1. The Bertz CT molecular complexity index is 1500. The summed E-state index contributed by atoms with van der Waals surface area (Å²) < 4.78 is 51.4. The average Bonchev–Trinajstić information content (AvgIpc) is 3.43. The smallest absolute Gasteiger partial charge is 0.263 e. The maximum atomic E-state index is 13.0. The first-order chi connectivity index (χ1) is 17.3. The first-order valence-corrected chi connectivity index (χ1v) is 12.9. The maximum absolute atomic E-state index is 13.0. The minimum absolute atomic E-state index is 0.0187. The molecule has 0 aliphatic carbocycles. The molecule has 0 aliphatic rings. The van der Waals surface area contributed by atoms with Crippen molar-refractivity contribution in [2.75, 3.05) is 18.9 Å². The molecule has 0 aliphatic heterocycles. The molecule has 0 radical (unpaired) electrons. The van der Waals surface area contributed by atoms with Crippen LogP contribution in [-0.4, -0.2) is 33.4 Å². The van der Waals surface area contributed by atoms with Crippen LogP contribution in [-0.2, 0) is 10.0 Å². The fourth-order valence-corrected chi connectivity index (χ4v) is 5.13. The van der Waals surface area contributed by atoms with Crippen molar-refractivity contribution < 1.29 is 27.1 Å². The second-order valence-corrected chi connectivity index (χ2v) is 10.1. The molecule has 4 rings (SSSR count). The van der Waals surface area contributed by atoms with Crippen LogP contribution in [0.4, 0.5) is 10.2 Å². The molecule has 0 unspecified atom stereocenters. The number of carbonyl (C=O) groups excluding carboxylic acids is 1. The summed E-state index contributed by atoms with van der Waals surface area (Å²) in [6, 6.07) is 15.4. The summed E-state index contributed by atoms with van der Waals surface area (Å²) in [4.78, 5) is 17.4. The molecule has 2 aromatic carbocycles. The SMILES string of the molecule is COc1cc(OC)c(-c2cccs2)cc1/C=C/C(=O)c1ccc(S(=O)(=O)Nc2ccc(F)cn2)cc1. The van der Waals surface area contributed by atoms with E-state index in [1.54, 1.807) is 30.6 Å². The van der Waals surface area contributed by atoms with Gasteiger partial charge in [0.2, 0.25) is 0 Å². The van der Waals surface area contributed by atoms with Crippen LogP contribution in [0.25, 0.3) is 16.5 Å². The third kappa shape index (κ3) is 5.61. The number of hydrogen-bond acceptors (Lipinski definition) is 7. The van der Waals surface area contributed by atoms with Gasteiger partial charge in [-0.05, 0) is 66.1 Å². The van der Waals surface area contributed by atoms with Crippen molar-refractivity contribution in [3.8, 4) is 21.9 Å². The van der Waals surface area contributed by atoms with Crippen LogP contribution in [0.5, 0.6) is 11.5 Å². The molecule has 0 spiro atoms. The van der Waals surface area contributed by atoms with E-state index in [1.807, 2.05) is 23.6 Å². The molecule has 4 aromatic rings. The zero-order valence-electron chi connectivity index (χ0n) is 19.3. The minimum atomic E-state index is -3.96. The van der Waals surface area contributed by atoms with E-state index in [0.717, 1.165) is 22.7 Å². The van der Waals surface area contributed by atoms with Crippen molar-refractivity contribution in [3.05, 3.63) is 95.3 Å². The van der Waals surface area contributed by atoms with Gasteiger partial charge >= 0.3 is 0 Å². The number of anilines is 1. The Hall–Kier alpha value is -4.02. The van der Waals surface area contributed by atoms with Crippen LogP contribution in [0.2, 0.25) is 0 Å². The number of benzene rings is 2. The van der Waals surface area contributed by atoms with Crippen molar-refractivity contribution in [2.24, 2.45) is 0 Å². The highest BCUT2D eigenvalue weighted by atomic mass is 32.2. The second-order valence-electron chi connectivity index (χ2n) is 7.46. The van der Waals surface area contributed by atoms with Crippen LogP contribution in [0, 0.1) is 5.82 Å². The van der Waals surface area contributed by atoms with Gasteiger partial charge in [0.15, 0.2) is 5.78 Å². The standard InChI is InChI=1S/C26H21FN2O5S2/c1-33-23-15-24(34-2)21(25-4-3-13-35-25)14-18(23)7-11-22(30)17-5-9-20(10-6-17)36(31,32)29-26-12-8-19(27)16-28-26/h3-16H,1-2H3,(H,28,29)/b11-7+. The number of carbonyl (C=O) groups is 1. The molecule has 0 bridgehead atoms. The van der Waals surface area contributed by atoms with Crippen LogP contribution < -0.4 is 14.2 Å². The number of rotatable bonds is 9. The molecule has 0 fully saturated rings. The Morgan fingerprint density at radius 2 is 1.78 bits per heavy atom. The lowest BCUT2D eigenvalue weighted by atomic mass is 10.0. The van der Waals surface area contributed by atoms with Gasteiger partial charge in [0.05, 0.1) is 25.3 Å². The molecular weight excluding hydrogens is 503 g/mol. The Morgan fingerprint density at radius 1 is 1.03 bits per heavy atom. The molecule has 7 nitrogen and oxygen atoms in total. The molecule has 184 valence electrons. The summed E-state index contributed by atoms with van der Waals surface area (Å²) in [6.07, 6.45) is 3.95. The highest BCUT2D eigenvalue weighted by Crippen LogP contribution is 2.38. The molecule has 10 heteroatoms. The lowest BCUT2D eigenvalue weighted by Gasteiger charge is -2.12. The predicted octanol–water partition coefficient (Wildman–Crippen LogP) is 5.66. The summed E-state index contributed by atoms with van der Waals surface area (Å²) in [5.41, 5.74) is 1.86. The first-order valence-electron chi connectivity index (χ1n) is 10.6. The van der Waals surface area contributed by atoms with E-state index >= 15 is 0 Å². The Labute approximate surface area is 211 Å². The number of ketones is 1. The predicted molar refractivity (Wildman–Crippen MR) is 138 cm³/mol. The molecule has 0 atom stereocenters. The monoisotopic (exact) mass is 524 g/mol. The summed E-state index contributed by atoms with van der Waals surface area (Å²) in [5.74, 6) is 0.276. The number of nitrogens with one attached hydrogen (secondary N) is 1. The number of methoxy groups -OCH3 is 2. The number of thiophene rings is 1. The summed E-state index contributed by atoms with van der Waals surface area (Å²) in [5, 5.41) is 1.97. The first kappa shape index (κ1) is 25.1. The molecule has 36 heavy (non-hydrogen) atoms. The molecule has 1 N–H and O–H groups in total. The highest BCUT2D eigenvalue weighted by Gasteiger charge is 2.16. The van der Waals surface area contributed by atoms with Gasteiger partial charge < -0.3 is 9.47 Å². The number of allylic oxidation sites excluding steroid dienone is 1. The van der Waals surface area contributed by atoms with Crippen LogP contribution >= 0.6 is 11.3 Å². The van der Waals surface area contributed by atoms with Crippen molar-refractivity contribution >= 4 is 39.0 Å². The van der Waals surface area contributed by atoms with E-state index in [4.69, 9.17) is 9.47 Å². The van der Waals surface area contributed by atoms with Gasteiger partial charge in [-0.15, -0.1) is 11.3 Å². The molecule has 2 aromatic heterocycles. The lowest BCUT2D eigenvalue weighted by Crippen LogP contribution is -2.14. The van der Waals surface area contributed by atoms with E-state index in [-0.39, 0.29) is 16.5 Å². The van der Waals surface area contributed by atoms with Gasteiger partial charge in [0, 0.05) is 27.6 Å². The summed E-state index contributed by atoms with van der Waals surface area (Å²) >= 11 is 1.57. The number of pyridine rings is 1. The highest BCUT2D eigenvalue weighted by molar-refractivity contribution is 7.92. The number of halogens is 1. The zero-order valence-corrected chi connectivity index (χ0v) is 20.9. The van der Waals surface area contributed by atoms with Gasteiger partial charge in [-0.3, -0.25) is 9.52 Å². The lowest BCUT2D eigenvalue weighted by molar-refractivity contribution is 0.104. The molecule has 0 saturated carbocycles. The summed E-state index contributed by atoms with van der Waals surface area (Å²) in [6.45, 7) is 0. The molecular formula is C26H21FN2O5S2. The average molecular weight is 525 g/mol. The fraction of sp³-hybridized carbons (Fsp3) is 0.0769. The van der Waals surface area contributed by atoms with Gasteiger partial charge in [0.25, 0.3) is 10.0 Å². The van der Waals surface area contributed by atoms with E-state index in [2.05, 4.69) is 9.71 Å². The van der Waals surface area contributed by atoms with Crippen molar-refractivity contribution in [1.82, 2.24) is 4.98 Å². The topological polar surface area (TPSA) is 94.6 Å². The second kappa shape index (κ2) is 10.7. The number of nitrogens with zero attached hydrogens (tertiary/aromatic N) is 1. The van der Waals surface area contributed by atoms with Crippen molar-refractivity contribution in [2.45, 2.75) is 4.90 Å². The van der Waals surface area contributed by atoms with Gasteiger partial charge in [-0.25, -0.2) is 17.8 Å².